The third-order valence-electron chi connectivity index (χ3n) is 4.78. The molecule has 1 aromatic rings. The van der Waals surface area contributed by atoms with Crippen LogP contribution in [0.1, 0.15) is 44.2 Å². The topological polar surface area (TPSA) is 46.3 Å². The molecule has 0 spiro atoms. The first-order valence-corrected chi connectivity index (χ1v) is 8.24. The number of hydrogen-bond acceptors (Lipinski definition) is 2. The second-order valence-electron chi connectivity index (χ2n) is 6.86. The van der Waals surface area contributed by atoms with Crippen molar-refractivity contribution in [3.63, 3.8) is 0 Å². The van der Waals surface area contributed by atoms with Crippen molar-refractivity contribution in [2.45, 2.75) is 38.6 Å². The molecule has 2 N–H and O–H groups in total. The molecule has 2 saturated carbocycles. The highest BCUT2D eigenvalue weighted by Crippen LogP contribution is 2.35. The molecule has 2 fully saturated rings. The molecule has 0 aliphatic heterocycles. The molecule has 0 aromatic heterocycles. The molecule has 0 radical (unpaired) electrons. The van der Waals surface area contributed by atoms with Crippen LogP contribution in [0.3, 0.4) is 0 Å². The van der Waals surface area contributed by atoms with Crippen molar-refractivity contribution in [3.05, 3.63) is 35.9 Å². The quantitative estimate of drug-likeness (QED) is 0.837. The van der Waals surface area contributed by atoms with Gasteiger partial charge in [0.05, 0.1) is 5.92 Å². The molecule has 3 nitrogen and oxygen atoms in total. The fraction of sp³-hybridized carbons (Fsp3) is 0.611. The van der Waals surface area contributed by atoms with Crippen LogP contribution in [-0.2, 0) is 4.79 Å². The second-order valence-corrected chi connectivity index (χ2v) is 6.86. The molecule has 0 heterocycles. The van der Waals surface area contributed by atoms with Crippen molar-refractivity contribution in [1.82, 2.24) is 4.90 Å². The van der Waals surface area contributed by atoms with Gasteiger partial charge in [-0.05, 0) is 43.1 Å². The van der Waals surface area contributed by atoms with Crippen LogP contribution in [0.5, 0.6) is 0 Å². The maximum atomic E-state index is 12.8. The number of nitrogens with two attached hydrogens (primary N) is 1. The molecule has 1 aromatic carbocycles. The molecular weight excluding hydrogens is 260 g/mol. The average molecular weight is 286 g/mol. The third kappa shape index (κ3) is 3.85. The number of carbonyl (C=O) groups excluding carboxylic acids is 1. The summed E-state index contributed by atoms with van der Waals surface area (Å²) < 4.78 is 0. The number of amides is 1. The molecule has 2 aliphatic carbocycles. The Morgan fingerprint density at radius 2 is 1.67 bits per heavy atom. The maximum Gasteiger partial charge on any atom is 0.227 e. The summed E-state index contributed by atoms with van der Waals surface area (Å²) in [6.45, 7) is 3.87. The molecular formula is C18H26N2O. The highest BCUT2D eigenvalue weighted by Gasteiger charge is 2.34. The van der Waals surface area contributed by atoms with E-state index in [0.717, 1.165) is 30.5 Å². The lowest BCUT2D eigenvalue weighted by Gasteiger charge is -2.29. The van der Waals surface area contributed by atoms with Crippen LogP contribution in [-0.4, -0.2) is 23.9 Å². The zero-order valence-electron chi connectivity index (χ0n) is 12.9. The zero-order chi connectivity index (χ0) is 14.8. The van der Waals surface area contributed by atoms with E-state index in [9.17, 15) is 4.79 Å². The summed E-state index contributed by atoms with van der Waals surface area (Å²) in [5.41, 5.74) is 7.37. The van der Waals surface area contributed by atoms with Gasteiger partial charge in [0.2, 0.25) is 5.91 Å². The fourth-order valence-electron chi connectivity index (χ4n) is 2.88. The monoisotopic (exact) mass is 286 g/mol. The highest BCUT2D eigenvalue weighted by atomic mass is 16.2. The first-order chi connectivity index (χ1) is 10.1. The van der Waals surface area contributed by atoms with E-state index in [1.807, 2.05) is 37.3 Å². The Labute approximate surface area is 127 Å². The van der Waals surface area contributed by atoms with Crippen LogP contribution in [0.15, 0.2) is 30.3 Å². The van der Waals surface area contributed by atoms with Gasteiger partial charge in [0, 0.05) is 19.1 Å². The lowest BCUT2D eigenvalue weighted by atomic mass is 9.94. The van der Waals surface area contributed by atoms with Gasteiger partial charge in [-0.15, -0.1) is 0 Å². The SMILES string of the molecule is CC(C(=O)N(CC1CC1)CC1CC1)C(N)c1ccccc1. The Kier molecular flexibility index (Phi) is 4.29. The minimum absolute atomic E-state index is 0.148. The zero-order valence-corrected chi connectivity index (χ0v) is 12.9. The lowest BCUT2D eigenvalue weighted by Crippen LogP contribution is -2.41. The van der Waals surface area contributed by atoms with Crippen molar-refractivity contribution in [2.24, 2.45) is 23.5 Å². The smallest absolute Gasteiger partial charge is 0.227 e. The van der Waals surface area contributed by atoms with Crippen LogP contribution in [0.4, 0.5) is 0 Å². The summed E-state index contributed by atoms with van der Waals surface area (Å²) in [4.78, 5) is 14.9. The Morgan fingerprint density at radius 3 is 2.14 bits per heavy atom. The van der Waals surface area contributed by atoms with Crippen LogP contribution in [0.25, 0.3) is 0 Å². The summed E-state index contributed by atoms with van der Waals surface area (Å²) in [6.07, 6.45) is 5.14. The number of carbonyl (C=O) groups is 1. The number of hydrogen-bond donors (Lipinski definition) is 1. The molecule has 2 aliphatic rings. The van der Waals surface area contributed by atoms with Gasteiger partial charge in [0.25, 0.3) is 0 Å². The van der Waals surface area contributed by atoms with Gasteiger partial charge in [-0.3, -0.25) is 4.79 Å². The lowest BCUT2D eigenvalue weighted by molar-refractivity contribution is -0.136. The highest BCUT2D eigenvalue weighted by molar-refractivity contribution is 5.79. The van der Waals surface area contributed by atoms with E-state index >= 15 is 0 Å². The summed E-state index contributed by atoms with van der Waals surface area (Å²) >= 11 is 0. The molecule has 3 heteroatoms. The second kappa shape index (κ2) is 6.18. The molecule has 2 unspecified atom stereocenters. The van der Waals surface area contributed by atoms with Crippen LogP contribution < -0.4 is 5.73 Å². The Bertz CT molecular complexity index is 465. The van der Waals surface area contributed by atoms with E-state index in [1.165, 1.54) is 25.7 Å². The van der Waals surface area contributed by atoms with Gasteiger partial charge in [-0.2, -0.15) is 0 Å². The van der Waals surface area contributed by atoms with Gasteiger partial charge in [-0.25, -0.2) is 0 Å². The van der Waals surface area contributed by atoms with Crippen molar-refractivity contribution in [3.8, 4) is 0 Å². The molecule has 0 bridgehead atoms. The van der Waals surface area contributed by atoms with Gasteiger partial charge < -0.3 is 10.6 Å². The molecule has 3 rings (SSSR count). The summed E-state index contributed by atoms with van der Waals surface area (Å²) in [6, 6.07) is 9.77. The Morgan fingerprint density at radius 1 is 1.14 bits per heavy atom. The maximum absolute atomic E-state index is 12.8. The largest absolute Gasteiger partial charge is 0.342 e. The Hall–Kier alpha value is -1.35. The summed E-state index contributed by atoms with van der Waals surface area (Å²) in [5.74, 6) is 1.58. The van der Waals surface area contributed by atoms with E-state index in [2.05, 4.69) is 4.90 Å². The predicted molar refractivity (Wildman–Crippen MR) is 84.6 cm³/mol. The van der Waals surface area contributed by atoms with E-state index in [0.29, 0.717) is 0 Å². The molecule has 21 heavy (non-hydrogen) atoms. The van der Waals surface area contributed by atoms with Gasteiger partial charge in [0.1, 0.15) is 0 Å². The van der Waals surface area contributed by atoms with Crippen molar-refractivity contribution >= 4 is 5.91 Å². The van der Waals surface area contributed by atoms with Crippen LogP contribution >= 0.6 is 0 Å². The number of nitrogens with zero attached hydrogens (tertiary/aromatic N) is 1. The van der Waals surface area contributed by atoms with E-state index in [1.54, 1.807) is 0 Å². The molecule has 0 saturated heterocycles. The first kappa shape index (κ1) is 14.6. The van der Waals surface area contributed by atoms with Gasteiger partial charge in [0.15, 0.2) is 0 Å². The molecule has 2 atom stereocenters. The Balaban J connectivity index is 1.65. The number of rotatable bonds is 7. The van der Waals surface area contributed by atoms with Gasteiger partial charge >= 0.3 is 0 Å². The normalized spacial score (nSPS) is 20.9. The fourth-order valence-corrected chi connectivity index (χ4v) is 2.88. The van der Waals surface area contributed by atoms with Crippen molar-refractivity contribution < 1.29 is 4.79 Å². The summed E-state index contributed by atoms with van der Waals surface area (Å²) in [7, 11) is 0. The minimum Gasteiger partial charge on any atom is -0.342 e. The summed E-state index contributed by atoms with van der Waals surface area (Å²) in [5, 5.41) is 0. The van der Waals surface area contributed by atoms with Crippen LogP contribution in [0.2, 0.25) is 0 Å². The molecule has 1 amide bonds. The standard InChI is InChI=1S/C18H26N2O/c1-13(17(19)16-5-3-2-4-6-16)18(21)20(11-14-7-8-14)12-15-9-10-15/h2-6,13-15,17H,7-12,19H2,1H3. The van der Waals surface area contributed by atoms with Crippen LogP contribution in [0, 0.1) is 17.8 Å². The molecule has 114 valence electrons. The van der Waals surface area contributed by atoms with Crippen molar-refractivity contribution in [2.75, 3.05) is 13.1 Å². The first-order valence-electron chi connectivity index (χ1n) is 8.24. The minimum atomic E-state index is -0.209. The van der Waals surface area contributed by atoms with E-state index in [4.69, 9.17) is 5.73 Å². The average Bonchev–Trinajstić information content (AvgIpc) is 3.41. The van der Waals surface area contributed by atoms with Crippen molar-refractivity contribution in [1.29, 1.82) is 0 Å². The van der Waals surface area contributed by atoms with E-state index in [-0.39, 0.29) is 17.9 Å². The number of benzene rings is 1. The third-order valence-corrected chi connectivity index (χ3v) is 4.78. The van der Waals surface area contributed by atoms with Gasteiger partial charge in [-0.1, -0.05) is 37.3 Å². The van der Waals surface area contributed by atoms with E-state index < -0.39 is 0 Å². The predicted octanol–water partition coefficient (Wildman–Crippen LogP) is 2.97.